The number of benzene rings is 2. The molecule has 2 aliphatic carbocycles. The lowest BCUT2D eigenvalue weighted by Crippen LogP contribution is -2.23. The summed E-state index contributed by atoms with van der Waals surface area (Å²) in [7, 11) is 0. The summed E-state index contributed by atoms with van der Waals surface area (Å²) in [6.45, 7) is 1.60. The number of Topliss-reactive ketones (excluding diaryl/α,β-unsaturated/α-hetero) is 1. The van der Waals surface area contributed by atoms with Crippen molar-refractivity contribution in [3.05, 3.63) is 102 Å². The van der Waals surface area contributed by atoms with E-state index in [1.165, 1.54) is 0 Å². The van der Waals surface area contributed by atoms with Crippen LogP contribution in [0.1, 0.15) is 89.8 Å². The summed E-state index contributed by atoms with van der Waals surface area (Å²) in [5, 5.41) is 24.8. The Labute approximate surface area is 267 Å². The molecule has 3 heterocycles. The summed E-state index contributed by atoms with van der Waals surface area (Å²) in [5.74, 6) is 0.310. The number of hydrogen-bond acceptors (Lipinski definition) is 6. The first-order valence-corrected chi connectivity index (χ1v) is 16.1. The zero-order valence-electron chi connectivity index (χ0n) is 25.9. The van der Waals surface area contributed by atoms with E-state index in [4.69, 9.17) is 0 Å². The molecule has 2 aliphatic rings. The van der Waals surface area contributed by atoms with Gasteiger partial charge in [0.2, 0.25) is 0 Å². The van der Waals surface area contributed by atoms with E-state index in [-0.39, 0.29) is 24.2 Å². The number of amides is 1. The third-order valence-corrected chi connectivity index (χ3v) is 9.60. The number of aromatic amines is 1. The third kappa shape index (κ3) is 6.10. The van der Waals surface area contributed by atoms with Crippen LogP contribution in [0.2, 0.25) is 0 Å². The van der Waals surface area contributed by atoms with Crippen molar-refractivity contribution in [1.82, 2.24) is 15.0 Å². The van der Waals surface area contributed by atoms with Gasteiger partial charge < -0.3 is 20.5 Å². The van der Waals surface area contributed by atoms with Gasteiger partial charge in [0.05, 0.1) is 17.8 Å². The number of aromatic nitrogens is 3. The van der Waals surface area contributed by atoms with E-state index in [1.807, 2.05) is 61.5 Å². The van der Waals surface area contributed by atoms with Gasteiger partial charge in [-0.15, -0.1) is 0 Å². The lowest BCUT2D eigenvalue weighted by atomic mass is 9.89. The van der Waals surface area contributed by atoms with Crippen LogP contribution in [0.5, 0.6) is 0 Å². The number of nitrogens with one attached hydrogen (secondary N) is 2. The number of H-pyrrole nitrogens is 1. The number of ketones is 1. The van der Waals surface area contributed by atoms with E-state index in [0.29, 0.717) is 46.8 Å². The average molecular weight is 615 g/mol. The van der Waals surface area contributed by atoms with Crippen molar-refractivity contribution >= 4 is 28.4 Å². The van der Waals surface area contributed by atoms with E-state index in [9.17, 15) is 19.8 Å². The number of nitrogens with zero attached hydrogens (tertiary/aromatic N) is 2. The predicted octanol–water partition coefficient (Wildman–Crippen LogP) is 7.43. The molecule has 8 heteroatoms. The summed E-state index contributed by atoms with van der Waals surface area (Å²) in [6, 6.07) is 20.9. The lowest BCUT2D eigenvalue weighted by molar-refractivity contribution is 0.0432. The van der Waals surface area contributed by atoms with Crippen LogP contribution in [-0.4, -0.2) is 42.5 Å². The minimum Gasteiger partial charge on any atom is -0.392 e. The van der Waals surface area contributed by atoms with E-state index < -0.39 is 5.60 Å². The number of rotatable bonds is 8. The molecule has 0 aliphatic heterocycles. The SMILES string of the molecule is CC1(O)CCCC(C(=O)c2ccc(-c3cc4c(-c5cccc(NC(=O)c6ccc(C7CC7)nc6)c5CO)ccnc4[nH]3)cc2)CC1. The minimum absolute atomic E-state index is 0.0644. The summed E-state index contributed by atoms with van der Waals surface area (Å²) in [5.41, 5.74) is 6.78. The Bertz CT molecular complexity index is 1910. The van der Waals surface area contributed by atoms with Gasteiger partial charge in [0.15, 0.2) is 5.78 Å². The largest absolute Gasteiger partial charge is 0.392 e. The first kappa shape index (κ1) is 30.0. The van der Waals surface area contributed by atoms with Gasteiger partial charge in [-0.25, -0.2) is 4.98 Å². The second-order valence-corrected chi connectivity index (χ2v) is 13.1. The number of fused-ring (bicyclic) bond motifs is 1. The van der Waals surface area contributed by atoms with Crippen LogP contribution >= 0.6 is 0 Å². The molecule has 1 amide bonds. The summed E-state index contributed by atoms with van der Waals surface area (Å²) in [6.07, 6.45) is 9.38. The molecular formula is C38H38N4O4. The molecule has 0 bridgehead atoms. The van der Waals surface area contributed by atoms with E-state index in [0.717, 1.165) is 65.6 Å². The number of carbonyl (C=O) groups is 2. The summed E-state index contributed by atoms with van der Waals surface area (Å²) < 4.78 is 0. The quantitative estimate of drug-likeness (QED) is 0.106. The average Bonchev–Trinajstić information content (AvgIpc) is 3.86. The van der Waals surface area contributed by atoms with Gasteiger partial charge >= 0.3 is 0 Å². The van der Waals surface area contributed by atoms with Gasteiger partial charge in [0, 0.05) is 57.8 Å². The number of aliphatic hydroxyl groups excluding tert-OH is 1. The molecule has 2 fully saturated rings. The van der Waals surface area contributed by atoms with Crippen molar-refractivity contribution in [3.8, 4) is 22.4 Å². The normalized spacial score (nSPS) is 19.9. The van der Waals surface area contributed by atoms with Gasteiger partial charge in [-0.3, -0.25) is 14.6 Å². The van der Waals surface area contributed by atoms with Crippen LogP contribution in [0.3, 0.4) is 0 Å². The molecule has 0 saturated heterocycles. The zero-order chi connectivity index (χ0) is 31.8. The number of pyridine rings is 2. The first-order chi connectivity index (χ1) is 22.3. The minimum atomic E-state index is -0.686. The van der Waals surface area contributed by atoms with Gasteiger partial charge in [-0.05, 0) is 98.9 Å². The fraction of sp³-hybridized carbons (Fsp3) is 0.316. The molecule has 2 atom stereocenters. The molecule has 2 unspecified atom stereocenters. The molecule has 46 heavy (non-hydrogen) atoms. The van der Waals surface area contributed by atoms with Crippen molar-refractivity contribution in [2.24, 2.45) is 5.92 Å². The van der Waals surface area contributed by atoms with Gasteiger partial charge in [0.25, 0.3) is 5.91 Å². The molecule has 7 rings (SSSR count). The van der Waals surface area contributed by atoms with Crippen LogP contribution in [-0.2, 0) is 6.61 Å². The maximum absolute atomic E-state index is 13.3. The second-order valence-electron chi connectivity index (χ2n) is 13.1. The molecule has 5 aromatic rings. The Morgan fingerprint density at radius 3 is 2.48 bits per heavy atom. The molecule has 0 radical (unpaired) electrons. The van der Waals surface area contributed by atoms with E-state index in [2.05, 4.69) is 20.3 Å². The lowest BCUT2D eigenvalue weighted by Gasteiger charge is -2.20. The van der Waals surface area contributed by atoms with Crippen LogP contribution in [0.25, 0.3) is 33.4 Å². The molecule has 3 aromatic heterocycles. The Kier molecular flexibility index (Phi) is 8.01. The molecule has 234 valence electrons. The van der Waals surface area contributed by atoms with Gasteiger partial charge in [0.1, 0.15) is 5.65 Å². The number of hydrogen-bond donors (Lipinski definition) is 4. The van der Waals surface area contributed by atoms with E-state index >= 15 is 0 Å². The van der Waals surface area contributed by atoms with Crippen molar-refractivity contribution in [2.45, 2.75) is 70.0 Å². The monoisotopic (exact) mass is 614 g/mol. The number of carbonyl (C=O) groups excluding carboxylic acids is 2. The van der Waals surface area contributed by atoms with Crippen LogP contribution in [0, 0.1) is 5.92 Å². The highest BCUT2D eigenvalue weighted by Crippen LogP contribution is 2.39. The van der Waals surface area contributed by atoms with Gasteiger partial charge in [-0.1, -0.05) is 36.4 Å². The van der Waals surface area contributed by atoms with Crippen LogP contribution in [0.4, 0.5) is 5.69 Å². The van der Waals surface area contributed by atoms with Crippen molar-refractivity contribution in [1.29, 1.82) is 0 Å². The smallest absolute Gasteiger partial charge is 0.257 e. The molecule has 2 saturated carbocycles. The fourth-order valence-electron chi connectivity index (χ4n) is 6.69. The highest BCUT2D eigenvalue weighted by atomic mass is 16.3. The van der Waals surface area contributed by atoms with Crippen LogP contribution < -0.4 is 5.32 Å². The second kappa shape index (κ2) is 12.3. The van der Waals surface area contributed by atoms with Crippen LogP contribution in [0.15, 0.2) is 79.1 Å². The molecule has 2 aromatic carbocycles. The third-order valence-electron chi connectivity index (χ3n) is 9.60. The standard InChI is InChI=1S/C38H38N4O4/c1-38(46)17-3-4-25(15-18-38)35(44)26-11-9-24(10-12-26)34-20-30-29(16-19-39-36(30)41-34)28-5-2-6-33(31(28)22-43)42-37(45)27-13-14-32(40-21-27)23-7-8-23/h2,5-6,9-14,16,19-21,23,25,43,46H,3-4,7-8,15,17-18,22H2,1H3,(H,39,41)(H,42,45). The first-order valence-electron chi connectivity index (χ1n) is 16.1. The fourth-order valence-corrected chi connectivity index (χ4v) is 6.69. The maximum Gasteiger partial charge on any atom is 0.257 e. The van der Waals surface area contributed by atoms with E-state index in [1.54, 1.807) is 24.5 Å². The topological polar surface area (TPSA) is 128 Å². The van der Waals surface area contributed by atoms with Gasteiger partial charge in [-0.2, -0.15) is 0 Å². The van der Waals surface area contributed by atoms with Crippen molar-refractivity contribution < 1.29 is 19.8 Å². The Morgan fingerprint density at radius 1 is 0.935 bits per heavy atom. The Morgan fingerprint density at radius 2 is 1.74 bits per heavy atom. The molecule has 4 N–H and O–H groups in total. The molecule has 8 nitrogen and oxygen atoms in total. The predicted molar refractivity (Wildman–Crippen MR) is 179 cm³/mol. The maximum atomic E-state index is 13.3. The highest BCUT2D eigenvalue weighted by Gasteiger charge is 2.30. The molecule has 0 spiro atoms. The summed E-state index contributed by atoms with van der Waals surface area (Å²) in [4.78, 5) is 38.8. The number of aliphatic hydroxyl groups is 2. The Balaban J connectivity index is 1.13. The Hall–Kier alpha value is -4.66. The molecular weight excluding hydrogens is 576 g/mol. The summed E-state index contributed by atoms with van der Waals surface area (Å²) >= 11 is 0. The van der Waals surface area contributed by atoms with Crippen molar-refractivity contribution in [2.75, 3.05) is 5.32 Å². The number of anilines is 1. The zero-order valence-corrected chi connectivity index (χ0v) is 25.9. The van der Waals surface area contributed by atoms with Crippen molar-refractivity contribution in [3.63, 3.8) is 0 Å². The highest BCUT2D eigenvalue weighted by molar-refractivity contribution is 6.06.